The van der Waals surface area contributed by atoms with E-state index in [9.17, 15) is 0 Å². The van der Waals surface area contributed by atoms with Crippen LogP contribution in [0.5, 0.6) is 0 Å². The summed E-state index contributed by atoms with van der Waals surface area (Å²) in [5.41, 5.74) is 2.34. The molecule has 0 aliphatic rings. The lowest BCUT2D eigenvalue weighted by molar-refractivity contribution is 0.698. The van der Waals surface area contributed by atoms with Crippen molar-refractivity contribution < 1.29 is 0 Å². The number of benzene rings is 1. The summed E-state index contributed by atoms with van der Waals surface area (Å²) in [7, 11) is 0. The molecule has 4 heteroatoms. The van der Waals surface area contributed by atoms with Crippen LogP contribution in [0.3, 0.4) is 0 Å². The number of aromatic nitrogens is 2. The van der Waals surface area contributed by atoms with Crippen LogP contribution in [-0.4, -0.2) is 16.1 Å². The minimum atomic E-state index is 0.785. The average Bonchev–Trinajstić information content (AvgIpc) is 2.76. The third kappa shape index (κ3) is 4.00. The van der Waals surface area contributed by atoms with Crippen LogP contribution < -0.4 is 5.32 Å². The van der Waals surface area contributed by atoms with Gasteiger partial charge in [-0.2, -0.15) is 0 Å². The summed E-state index contributed by atoms with van der Waals surface area (Å²) in [6.07, 6.45) is 4.17. The maximum atomic E-state index is 5.89. The van der Waals surface area contributed by atoms with Gasteiger partial charge in [-0.3, -0.25) is 0 Å². The van der Waals surface area contributed by atoms with Crippen molar-refractivity contribution >= 4 is 17.5 Å². The monoisotopic (exact) mass is 277 g/mol. The first kappa shape index (κ1) is 13.9. The molecule has 0 atom stereocenters. The van der Waals surface area contributed by atoms with Crippen LogP contribution in [0.4, 0.5) is 5.95 Å². The van der Waals surface area contributed by atoms with Gasteiger partial charge in [-0.15, -0.1) is 0 Å². The summed E-state index contributed by atoms with van der Waals surface area (Å²) < 4.78 is 2.18. The first-order valence-corrected chi connectivity index (χ1v) is 7.09. The number of hydrogen-bond donors (Lipinski definition) is 1. The Hall–Kier alpha value is -1.48. The lowest BCUT2D eigenvalue weighted by Gasteiger charge is -2.09. The maximum absolute atomic E-state index is 5.89. The molecular formula is C15H20ClN3. The van der Waals surface area contributed by atoms with Gasteiger partial charge < -0.3 is 9.88 Å². The summed E-state index contributed by atoms with van der Waals surface area (Å²) in [4.78, 5) is 4.51. The highest BCUT2D eigenvalue weighted by Crippen LogP contribution is 2.13. The molecule has 0 aliphatic carbocycles. The molecular weight excluding hydrogens is 258 g/mol. The smallest absolute Gasteiger partial charge is 0.203 e. The number of hydrogen-bond acceptors (Lipinski definition) is 2. The maximum Gasteiger partial charge on any atom is 0.203 e. The summed E-state index contributed by atoms with van der Waals surface area (Å²) in [6.45, 7) is 6.06. The van der Waals surface area contributed by atoms with Crippen LogP contribution in [0, 0.1) is 6.92 Å². The molecule has 1 aromatic heterocycles. The van der Waals surface area contributed by atoms with Gasteiger partial charge in [-0.05, 0) is 37.5 Å². The molecule has 102 valence electrons. The van der Waals surface area contributed by atoms with Crippen LogP contribution >= 0.6 is 11.6 Å². The normalized spacial score (nSPS) is 10.7. The van der Waals surface area contributed by atoms with Gasteiger partial charge in [0, 0.05) is 24.3 Å². The molecule has 0 fully saturated rings. The average molecular weight is 278 g/mol. The van der Waals surface area contributed by atoms with Crippen molar-refractivity contribution in [3.63, 3.8) is 0 Å². The second kappa shape index (κ2) is 6.62. The second-order valence-electron chi connectivity index (χ2n) is 4.70. The first-order chi connectivity index (χ1) is 9.19. The minimum Gasteiger partial charge on any atom is -0.356 e. The fraction of sp³-hybridized carbons (Fsp3) is 0.400. The summed E-state index contributed by atoms with van der Waals surface area (Å²) in [5, 5.41) is 4.14. The molecule has 0 spiro atoms. The van der Waals surface area contributed by atoms with Crippen molar-refractivity contribution in [2.45, 2.75) is 33.2 Å². The summed E-state index contributed by atoms with van der Waals surface area (Å²) >= 11 is 5.89. The second-order valence-corrected chi connectivity index (χ2v) is 5.14. The Morgan fingerprint density at radius 1 is 1.26 bits per heavy atom. The van der Waals surface area contributed by atoms with Gasteiger partial charge in [-0.25, -0.2) is 4.98 Å². The van der Waals surface area contributed by atoms with Crippen LogP contribution in [0.2, 0.25) is 5.02 Å². The Balaban J connectivity index is 2.00. The first-order valence-electron chi connectivity index (χ1n) is 6.71. The van der Waals surface area contributed by atoms with Gasteiger partial charge in [-0.1, -0.05) is 30.7 Å². The van der Waals surface area contributed by atoms with E-state index in [1.807, 2.05) is 19.1 Å². The largest absolute Gasteiger partial charge is 0.356 e. The van der Waals surface area contributed by atoms with Crippen LogP contribution in [0.1, 0.15) is 24.6 Å². The Morgan fingerprint density at radius 3 is 2.68 bits per heavy atom. The van der Waals surface area contributed by atoms with E-state index < -0.39 is 0 Å². The van der Waals surface area contributed by atoms with Crippen molar-refractivity contribution in [2.24, 2.45) is 0 Å². The molecule has 0 amide bonds. The molecule has 0 aliphatic heterocycles. The number of aryl methyl sites for hydroxylation is 3. The van der Waals surface area contributed by atoms with Crippen LogP contribution in [0.15, 0.2) is 30.5 Å². The van der Waals surface area contributed by atoms with E-state index in [1.54, 1.807) is 0 Å². The number of nitrogens with zero attached hydrogens (tertiary/aromatic N) is 2. The molecule has 2 aromatic rings. The summed E-state index contributed by atoms with van der Waals surface area (Å²) in [5.74, 6) is 0.966. The van der Waals surface area contributed by atoms with Crippen molar-refractivity contribution in [3.05, 3.63) is 46.7 Å². The number of imidazole rings is 1. The van der Waals surface area contributed by atoms with Gasteiger partial charge >= 0.3 is 0 Å². The Bertz CT molecular complexity index is 517. The topological polar surface area (TPSA) is 29.9 Å². The van der Waals surface area contributed by atoms with Crippen molar-refractivity contribution in [1.82, 2.24) is 9.55 Å². The number of rotatable bonds is 6. The molecule has 0 bridgehead atoms. The van der Waals surface area contributed by atoms with E-state index in [1.165, 1.54) is 5.56 Å². The van der Waals surface area contributed by atoms with E-state index in [0.29, 0.717) is 0 Å². The number of nitrogens with one attached hydrogen (secondary N) is 1. The molecule has 1 aromatic carbocycles. The van der Waals surface area contributed by atoms with Gasteiger partial charge in [0.15, 0.2) is 0 Å². The van der Waals surface area contributed by atoms with E-state index in [-0.39, 0.29) is 0 Å². The molecule has 3 nitrogen and oxygen atoms in total. The van der Waals surface area contributed by atoms with Crippen molar-refractivity contribution in [2.75, 3.05) is 11.9 Å². The molecule has 0 saturated heterocycles. The quantitative estimate of drug-likeness (QED) is 0.868. The van der Waals surface area contributed by atoms with Crippen LogP contribution in [-0.2, 0) is 13.0 Å². The molecule has 0 unspecified atom stereocenters. The number of halogens is 1. The van der Waals surface area contributed by atoms with E-state index in [2.05, 4.69) is 40.1 Å². The molecule has 19 heavy (non-hydrogen) atoms. The summed E-state index contributed by atoms with van der Waals surface area (Å²) in [6, 6.07) is 8.02. The molecule has 0 saturated carbocycles. The lowest BCUT2D eigenvalue weighted by Crippen LogP contribution is -2.09. The number of anilines is 1. The molecule has 1 N–H and O–H groups in total. The minimum absolute atomic E-state index is 0.785. The Kier molecular flexibility index (Phi) is 4.86. The van der Waals surface area contributed by atoms with Gasteiger partial charge in [0.25, 0.3) is 0 Å². The third-order valence-corrected chi connectivity index (χ3v) is 3.24. The highest BCUT2D eigenvalue weighted by atomic mass is 35.5. The fourth-order valence-electron chi connectivity index (χ4n) is 2.00. The zero-order valence-corrected chi connectivity index (χ0v) is 12.2. The zero-order chi connectivity index (χ0) is 13.7. The fourth-order valence-corrected chi connectivity index (χ4v) is 2.12. The van der Waals surface area contributed by atoms with Gasteiger partial charge in [0.1, 0.15) is 0 Å². The van der Waals surface area contributed by atoms with Crippen molar-refractivity contribution in [3.8, 4) is 0 Å². The lowest BCUT2D eigenvalue weighted by atomic mass is 10.1. The van der Waals surface area contributed by atoms with Crippen LogP contribution in [0.25, 0.3) is 0 Å². The van der Waals surface area contributed by atoms with Gasteiger partial charge in [0.2, 0.25) is 5.95 Å². The predicted molar refractivity (Wildman–Crippen MR) is 80.9 cm³/mol. The highest BCUT2D eigenvalue weighted by molar-refractivity contribution is 6.30. The van der Waals surface area contributed by atoms with E-state index in [0.717, 1.165) is 42.6 Å². The Labute approximate surface area is 119 Å². The Morgan fingerprint density at radius 2 is 2.00 bits per heavy atom. The third-order valence-electron chi connectivity index (χ3n) is 2.98. The van der Waals surface area contributed by atoms with E-state index >= 15 is 0 Å². The van der Waals surface area contributed by atoms with E-state index in [4.69, 9.17) is 11.6 Å². The molecule has 0 radical (unpaired) electrons. The van der Waals surface area contributed by atoms with Crippen molar-refractivity contribution in [1.29, 1.82) is 0 Å². The molecule has 2 rings (SSSR count). The SMILES string of the molecule is CCCNc1nc(C)cn1CCc1ccc(Cl)cc1. The highest BCUT2D eigenvalue weighted by Gasteiger charge is 2.04. The zero-order valence-electron chi connectivity index (χ0n) is 11.5. The standard InChI is InChI=1S/C15H20ClN3/c1-3-9-17-15-18-12(2)11-19(15)10-8-13-4-6-14(16)7-5-13/h4-7,11H,3,8-10H2,1-2H3,(H,17,18). The predicted octanol–water partition coefficient (Wildman–Crippen LogP) is 3.91. The van der Waals surface area contributed by atoms with Gasteiger partial charge in [0.05, 0.1) is 5.69 Å². The molecule has 1 heterocycles.